The van der Waals surface area contributed by atoms with Gasteiger partial charge in [-0.1, -0.05) is 43.0 Å². The van der Waals surface area contributed by atoms with Crippen LogP contribution in [0.1, 0.15) is 26.2 Å². The SMILES string of the molecule is COC(=O)/C=C/CCCC(C)C(=O)/C=C/Sc1ccccc1. The average molecular weight is 318 g/mol. The third-order valence-corrected chi connectivity index (χ3v) is 3.94. The van der Waals surface area contributed by atoms with Gasteiger partial charge in [-0.3, -0.25) is 4.79 Å². The van der Waals surface area contributed by atoms with Gasteiger partial charge in [-0.25, -0.2) is 4.79 Å². The second kappa shape index (κ2) is 10.9. The zero-order chi connectivity index (χ0) is 16.2. The quantitative estimate of drug-likeness (QED) is 0.293. The van der Waals surface area contributed by atoms with E-state index in [9.17, 15) is 9.59 Å². The van der Waals surface area contributed by atoms with Gasteiger partial charge < -0.3 is 4.74 Å². The van der Waals surface area contributed by atoms with Crippen molar-refractivity contribution in [3.05, 3.63) is 54.0 Å². The Balaban J connectivity index is 2.24. The summed E-state index contributed by atoms with van der Waals surface area (Å²) in [4.78, 5) is 24.0. The topological polar surface area (TPSA) is 43.4 Å². The van der Waals surface area contributed by atoms with Gasteiger partial charge in [-0.15, -0.1) is 0 Å². The molecule has 118 valence electrons. The van der Waals surface area contributed by atoms with Crippen molar-refractivity contribution in [2.45, 2.75) is 31.1 Å². The molecule has 1 aromatic carbocycles. The first-order chi connectivity index (χ1) is 10.6. The van der Waals surface area contributed by atoms with Crippen LogP contribution in [0.2, 0.25) is 0 Å². The van der Waals surface area contributed by atoms with Crippen LogP contribution in [0.15, 0.2) is 58.9 Å². The van der Waals surface area contributed by atoms with Crippen molar-refractivity contribution < 1.29 is 14.3 Å². The van der Waals surface area contributed by atoms with Crippen molar-refractivity contribution in [2.75, 3.05) is 7.11 Å². The van der Waals surface area contributed by atoms with Crippen LogP contribution in [-0.4, -0.2) is 18.9 Å². The van der Waals surface area contributed by atoms with Crippen LogP contribution in [0.25, 0.3) is 0 Å². The molecule has 0 aliphatic carbocycles. The number of allylic oxidation sites excluding steroid dienone is 2. The molecule has 0 N–H and O–H groups in total. The molecule has 0 aromatic heterocycles. The van der Waals surface area contributed by atoms with Crippen LogP contribution in [0.3, 0.4) is 0 Å². The van der Waals surface area contributed by atoms with Crippen molar-refractivity contribution in [1.29, 1.82) is 0 Å². The number of hydrogen-bond acceptors (Lipinski definition) is 4. The number of ketones is 1. The molecule has 3 nitrogen and oxygen atoms in total. The second-order valence-corrected chi connectivity index (χ2v) is 5.87. The van der Waals surface area contributed by atoms with Crippen LogP contribution in [-0.2, 0) is 14.3 Å². The first-order valence-corrected chi connectivity index (χ1v) is 8.18. The van der Waals surface area contributed by atoms with Gasteiger partial charge in [0.15, 0.2) is 5.78 Å². The monoisotopic (exact) mass is 318 g/mol. The molecule has 0 amide bonds. The number of hydrogen-bond donors (Lipinski definition) is 0. The maximum Gasteiger partial charge on any atom is 0.330 e. The van der Waals surface area contributed by atoms with E-state index in [-0.39, 0.29) is 17.7 Å². The van der Waals surface area contributed by atoms with Gasteiger partial charge in [-0.2, -0.15) is 0 Å². The fourth-order valence-electron chi connectivity index (χ4n) is 1.77. The summed E-state index contributed by atoms with van der Waals surface area (Å²) in [6.07, 6.45) is 7.31. The smallest absolute Gasteiger partial charge is 0.330 e. The first-order valence-electron chi connectivity index (χ1n) is 7.30. The second-order valence-electron chi connectivity index (χ2n) is 4.89. The molecule has 22 heavy (non-hydrogen) atoms. The van der Waals surface area contributed by atoms with Crippen molar-refractivity contribution in [3.63, 3.8) is 0 Å². The standard InChI is InChI=1S/C18H22O3S/c1-15(9-5-3-8-12-18(20)21-2)17(19)13-14-22-16-10-6-4-7-11-16/h4,6-8,10-15H,3,5,9H2,1-2H3/b12-8+,14-13+. The summed E-state index contributed by atoms with van der Waals surface area (Å²) in [7, 11) is 1.35. The molecule has 0 saturated carbocycles. The van der Waals surface area contributed by atoms with Crippen LogP contribution < -0.4 is 0 Å². The summed E-state index contributed by atoms with van der Waals surface area (Å²) in [6, 6.07) is 9.94. The molecule has 0 spiro atoms. The highest BCUT2D eigenvalue weighted by molar-refractivity contribution is 8.02. The largest absolute Gasteiger partial charge is 0.466 e. The number of unbranched alkanes of at least 4 members (excludes halogenated alkanes) is 1. The van der Waals surface area contributed by atoms with E-state index < -0.39 is 0 Å². The maximum absolute atomic E-state index is 12.0. The number of methoxy groups -OCH3 is 1. The molecular formula is C18H22O3S. The Morgan fingerprint density at radius 3 is 2.64 bits per heavy atom. The van der Waals surface area contributed by atoms with E-state index in [1.807, 2.05) is 42.7 Å². The minimum atomic E-state index is -0.343. The highest BCUT2D eigenvalue weighted by Gasteiger charge is 2.08. The fraction of sp³-hybridized carbons (Fsp3) is 0.333. The van der Waals surface area contributed by atoms with E-state index in [4.69, 9.17) is 0 Å². The zero-order valence-corrected chi connectivity index (χ0v) is 13.8. The number of ether oxygens (including phenoxy) is 1. The summed E-state index contributed by atoms with van der Waals surface area (Å²) in [6.45, 7) is 1.93. The highest BCUT2D eigenvalue weighted by Crippen LogP contribution is 2.19. The molecule has 1 atom stereocenters. The Kier molecular flexibility index (Phi) is 9.00. The summed E-state index contributed by atoms with van der Waals surface area (Å²) >= 11 is 1.54. The van der Waals surface area contributed by atoms with Crippen molar-refractivity contribution in [3.8, 4) is 0 Å². The number of thioether (sulfide) groups is 1. The lowest BCUT2D eigenvalue weighted by Gasteiger charge is -2.05. The van der Waals surface area contributed by atoms with E-state index in [0.717, 1.165) is 24.2 Å². The summed E-state index contributed by atoms with van der Waals surface area (Å²) in [5.74, 6) is -0.204. The number of rotatable bonds is 9. The molecular weight excluding hydrogens is 296 g/mol. The number of carbonyl (C=O) groups excluding carboxylic acids is 2. The van der Waals surface area contributed by atoms with Gasteiger partial charge in [0.05, 0.1) is 7.11 Å². The predicted molar refractivity (Wildman–Crippen MR) is 90.6 cm³/mol. The van der Waals surface area contributed by atoms with E-state index in [1.54, 1.807) is 12.2 Å². The Morgan fingerprint density at radius 2 is 1.95 bits per heavy atom. The molecule has 0 heterocycles. The molecule has 1 rings (SSSR count). The van der Waals surface area contributed by atoms with Crippen molar-refractivity contribution in [2.24, 2.45) is 5.92 Å². The summed E-state index contributed by atoms with van der Waals surface area (Å²) in [5, 5.41) is 1.84. The van der Waals surface area contributed by atoms with Gasteiger partial charge in [0.25, 0.3) is 0 Å². The molecule has 0 aliphatic heterocycles. The highest BCUT2D eigenvalue weighted by atomic mass is 32.2. The van der Waals surface area contributed by atoms with Crippen LogP contribution in [0, 0.1) is 5.92 Å². The summed E-state index contributed by atoms with van der Waals surface area (Å²) in [5.41, 5.74) is 0. The lowest BCUT2D eigenvalue weighted by molar-refractivity contribution is -0.134. The summed E-state index contributed by atoms with van der Waals surface area (Å²) < 4.78 is 4.51. The molecule has 0 bridgehead atoms. The fourth-order valence-corrected chi connectivity index (χ4v) is 2.45. The van der Waals surface area contributed by atoms with Crippen LogP contribution in [0.5, 0.6) is 0 Å². The van der Waals surface area contributed by atoms with E-state index >= 15 is 0 Å². The van der Waals surface area contributed by atoms with Gasteiger partial charge in [0.1, 0.15) is 0 Å². The number of benzene rings is 1. The molecule has 0 radical (unpaired) electrons. The van der Waals surface area contributed by atoms with Crippen LogP contribution in [0.4, 0.5) is 0 Å². The average Bonchev–Trinajstić information content (AvgIpc) is 2.54. The molecule has 4 heteroatoms. The molecule has 1 unspecified atom stereocenters. The Hall–Kier alpha value is -1.81. The van der Waals surface area contributed by atoms with Gasteiger partial charge in [0.2, 0.25) is 0 Å². The predicted octanol–water partition coefficient (Wildman–Crippen LogP) is 4.40. The van der Waals surface area contributed by atoms with Crippen LogP contribution >= 0.6 is 11.8 Å². The van der Waals surface area contributed by atoms with Gasteiger partial charge in [0, 0.05) is 16.9 Å². The Bertz CT molecular complexity index is 520. The minimum Gasteiger partial charge on any atom is -0.466 e. The van der Waals surface area contributed by atoms with E-state index in [1.165, 1.54) is 24.9 Å². The normalized spacial score (nSPS) is 12.6. The van der Waals surface area contributed by atoms with E-state index in [2.05, 4.69) is 4.74 Å². The van der Waals surface area contributed by atoms with E-state index in [0.29, 0.717) is 0 Å². The first kappa shape index (κ1) is 18.2. The molecule has 0 aliphatic rings. The van der Waals surface area contributed by atoms with Gasteiger partial charge >= 0.3 is 5.97 Å². The zero-order valence-electron chi connectivity index (χ0n) is 13.0. The third kappa shape index (κ3) is 7.84. The lowest BCUT2D eigenvalue weighted by atomic mass is 9.99. The Labute approximate surface area is 136 Å². The van der Waals surface area contributed by atoms with Crippen molar-refractivity contribution in [1.82, 2.24) is 0 Å². The minimum absolute atomic E-state index is 0.000787. The molecule has 1 aromatic rings. The Morgan fingerprint density at radius 1 is 1.23 bits per heavy atom. The number of carbonyl (C=O) groups is 2. The lowest BCUT2D eigenvalue weighted by Crippen LogP contribution is -2.07. The van der Waals surface area contributed by atoms with Crippen molar-refractivity contribution >= 4 is 23.5 Å². The molecule has 0 saturated heterocycles. The van der Waals surface area contributed by atoms with Gasteiger partial charge in [-0.05, 0) is 42.9 Å². The molecule has 0 fully saturated rings. The number of esters is 1. The maximum atomic E-state index is 12.0. The third-order valence-electron chi connectivity index (χ3n) is 3.13.